The molecule has 2 atom stereocenters. The number of rotatable bonds is 3. The molecule has 0 aliphatic carbocycles. The number of hydrogen-bond donors (Lipinski definition) is 0. The van der Waals surface area contributed by atoms with Crippen molar-refractivity contribution in [3.63, 3.8) is 0 Å². The fraction of sp³-hybridized carbons (Fsp3) is 1.00. The van der Waals surface area contributed by atoms with Crippen molar-refractivity contribution in [1.29, 1.82) is 0 Å². The molecule has 0 saturated carbocycles. The van der Waals surface area contributed by atoms with E-state index in [4.69, 9.17) is 16.3 Å². The highest BCUT2D eigenvalue weighted by Crippen LogP contribution is 2.30. The standard InChI is InChI=1S/C11H21ClO/c1-11(2,3)10(12)5-4-9-6-7-13-8-9/h9-10H,4-8H2,1-3H3. The second-order valence-electron chi connectivity index (χ2n) is 5.14. The lowest BCUT2D eigenvalue weighted by Gasteiger charge is -2.25. The van der Waals surface area contributed by atoms with Gasteiger partial charge in [0, 0.05) is 18.6 Å². The molecule has 1 fully saturated rings. The van der Waals surface area contributed by atoms with Gasteiger partial charge in [0.25, 0.3) is 0 Å². The largest absolute Gasteiger partial charge is 0.381 e. The van der Waals surface area contributed by atoms with Crippen molar-refractivity contribution in [2.24, 2.45) is 11.3 Å². The summed E-state index contributed by atoms with van der Waals surface area (Å²) in [6.07, 6.45) is 3.58. The van der Waals surface area contributed by atoms with Gasteiger partial charge in [0.05, 0.1) is 0 Å². The van der Waals surface area contributed by atoms with Crippen molar-refractivity contribution in [3.05, 3.63) is 0 Å². The van der Waals surface area contributed by atoms with E-state index >= 15 is 0 Å². The van der Waals surface area contributed by atoms with Crippen molar-refractivity contribution >= 4 is 11.6 Å². The molecule has 0 radical (unpaired) electrons. The zero-order chi connectivity index (χ0) is 9.90. The highest BCUT2D eigenvalue weighted by Gasteiger charge is 2.24. The zero-order valence-corrected chi connectivity index (χ0v) is 9.73. The van der Waals surface area contributed by atoms with Gasteiger partial charge in [-0.25, -0.2) is 0 Å². The summed E-state index contributed by atoms with van der Waals surface area (Å²) in [6.45, 7) is 8.52. The molecule has 1 aliphatic rings. The summed E-state index contributed by atoms with van der Waals surface area (Å²) in [4.78, 5) is 0. The lowest BCUT2D eigenvalue weighted by Crippen LogP contribution is -2.21. The molecule has 1 saturated heterocycles. The molecular formula is C11H21ClO. The van der Waals surface area contributed by atoms with Crippen LogP contribution < -0.4 is 0 Å². The molecule has 1 heterocycles. The summed E-state index contributed by atoms with van der Waals surface area (Å²) in [6, 6.07) is 0. The monoisotopic (exact) mass is 204 g/mol. The Hall–Kier alpha value is 0.250. The van der Waals surface area contributed by atoms with Crippen LogP contribution in [0, 0.1) is 11.3 Å². The first-order valence-corrected chi connectivity index (χ1v) is 5.65. The minimum Gasteiger partial charge on any atom is -0.381 e. The molecule has 0 aromatic carbocycles. The maximum Gasteiger partial charge on any atom is 0.0495 e. The van der Waals surface area contributed by atoms with Crippen LogP contribution in [0.1, 0.15) is 40.0 Å². The zero-order valence-electron chi connectivity index (χ0n) is 8.98. The van der Waals surface area contributed by atoms with Crippen molar-refractivity contribution in [2.45, 2.75) is 45.4 Å². The fourth-order valence-corrected chi connectivity index (χ4v) is 1.75. The van der Waals surface area contributed by atoms with E-state index in [2.05, 4.69) is 20.8 Å². The topological polar surface area (TPSA) is 9.23 Å². The third-order valence-corrected chi connectivity index (χ3v) is 3.66. The lowest BCUT2D eigenvalue weighted by molar-refractivity contribution is 0.182. The van der Waals surface area contributed by atoms with Crippen LogP contribution in [-0.2, 0) is 4.74 Å². The van der Waals surface area contributed by atoms with Gasteiger partial charge in [-0.1, -0.05) is 20.8 Å². The molecule has 0 amide bonds. The van der Waals surface area contributed by atoms with Crippen LogP contribution in [0.25, 0.3) is 0 Å². The van der Waals surface area contributed by atoms with Crippen molar-refractivity contribution < 1.29 is 4.74 Å². The number of alkyl halides is 1. The van der Waals surface area contributed by atoms with Crippen LogP contribution >= 0.6 is 11.6 Å². The molecule has 78 valence electrons. The molecule has 0 bridgehead atoms. The summed E-state index contributed by atoms with van der Waals surface area (Å²) in [5.41, 5.74) is 0.237. The summed E-state index contributed by atoms with van der Waals surface area (Å²) in [5.74, 6) is 0.767. The Morgan fingerprint density at radius 3 is 2.62 bits per heavy atom. The van der Waals surface area contributed by atoms with Crippen LogP contribution in [-0.4, -0.2) is 18.6 Å². The fourth-order valence-electron chi connectivity index (χ4n) is 1.63. The third-order valence-electron chi connectivity index (χ3n) is 2.79. The smallest absolute Gasteiger partial charge is 0.0495 e. The first kappa shape index (κ1) is 11.3. The molecule has 1 nitrogen and oxygen atoms in total. The minimum atomic E-state index is 0.237. The third kappa shape index (κ3) is 3.86. The Morgan fingerprint density at radius 1 is 1.46 bits per heavy atom. The van der Waals surface area contributed by atoms with Crippen LogP contribution in [0.5, 0.6) is 0 Å². The van der Waals surface area contributed by atoms with E-state index in [0.29, 0.717) is 5.38 Å². The second-order valence-corrected chi connectivity index (χ2v) is 5.67. The Kier molecular flexibility index (Phi) is 4.06. The van der Waals surface area contributed by atoms with E-state index < -0.39 is 0 Å². The average molecular weight is 205 g/mol. The predicted octanol–water partition coefficient (Wildman–Crippen LogP) is 3.46. The van der Waals surface area contributed by atoms with Gasteiger partial charge in [0.1, 0.15) is 0 Å². The van der Waals surface area contributed by atoms with E-state index in [1.807, 2.05) is 0 Å². The average Bonchev–Trinajstić information content (AvgIpc) is 2.50. The van der Waals surface area contributed by atoms with E-state index in [0.717, 1.165) is 25.6 Å². The van der Waals surface area contributed by atoms with Gasteiger partial charge < -0.3 is 4.74 Å². The first-order valence-electron chi connectivity index (χ1n) is 5.22. The summed E-state index contributed by atoms with van der Waals surface area (Å²) < 4.78 is 5.33. The molecule has 13 heavy (non-hydrogen) atoms. The summed E-state index contributed by atoms with van der Waals surface area (Å²) in [5, 5.41) is 0.299. The van der Waals surface area contributed by atoms with E-state index in [1.54, 1.807) is 0 Å². The van der Waals surface area contributed by atoms with Crippen LogP contribution in [0.2, 0.25) is 0 Å². The quantitative estimate of drug-likeness (QED) is 0.640. The van der Waals surface area contributed by atoms with Crippen LogP contribution in [0.4, 0.5) is 0 Å². The molecule has 1 rings (SSSR count). The van der Waals surface area contributed by atoms with Gasteiger partial charge in [-0.2, -0.15) is 0 Å². The second kappa shape index (κ2) is 4.65. The number of ether oxygens (including phenoxy) is 1. The Balaban J connectivity index is 2.17. The van der Waals surface area contributed by atoms with E-state index in [1.165, 1.54) is 12.8 Å². The molecule has 2 unspecified atom stereocenters. The maximum absolute atomic E-state index is 6.29. The minimum absolute atomic E-state index is 0.237. The van der Waals surface area contributed by atoms with Crippen LogP contribution in [0.3, 0.4) is 0 Å². The predicted molar refractivity (Wildman–Crippen MR) is 57.3 cm³/mol. The molecule has 0 aromatic heterocycles. The molecule has 0 spiro atoms. The molecule has 0 aromatic rings. The van der Waals surface area contributed by atoms with Crippen molar-refractivity contribution in [3.8, 4) is 0 Å². The Labute approximate surface area is 86.8 Å². The molecule has 1 aliphatic heterocycles. The molecule has 2 heteroatoms. The number of hydrogen-bond acceptors (Lipinski definition) is 1. The highest BCUT2D eigenvalue weighted by atomic mass is 35.5. The van der Waals surface area contributed by atoms with Gasteiger partial charge >= 0.3 is 0 Å². The highest BCUT2D eigenvalue weighted by molar-refractivity contribution is 6.21. The van der Waals surface area contributed by atoms with Gasteiger partial charge in [-0.3, -0.25) is 0 Å². The van der Waals surface area contributed by atoms with Gasteiger partial charge in [-0.15, -0.1) is 11.6 Å². The molecular weight excluding hydrogens is 184 g/mol. The van der Waals surface area contributed by atoms with E-state index in [9.17, 15) is 0 Å². The van der Waals surface area contributed by atoms with Gasteiger partial charge in [0.15, 0.2) is 0 Å². The van der Waals surface area contributed by atoms with E-state index in [-0.39, 0.29) is 5.41 Å². The van der Waals surface area contributed by atoms with Crippen LogP contribution in [0.15, 0.2) is 0 Å². The Bertz CT molecular complexity index is 145. The van der Waals surface area contributed by atoms with Crippen molar-refractivity contribution in [2.75, 3.05) is 13.2 Å². The van der Waals surface area contributed by atoms with Gasteiger partial charge in [0.2, 0.25) is 0 Å². The number of halogens is 1. The Morgan fingerprint density at radius 2 is 2.15 bits per heavy atom. The summed E-state index contributed by atoms with van der Waals surface area (Å²) in [7, 11) is 0. The SMILES string of the molecule is CC(C)(C)C(Cl)CCC1CCOC1. The normalized spacial score (nSPS) is 26.3. The summed E-state index contributed by atoms with van der Waals surface area (Å²) >= 11 is 6.29. The molecule has 0 N–H and O–H groups in total. The van der Waals surface area contributed by atoms with Gasteiger partial charge in [-0.05, 0) is 30.6 Å². The van der Waals surface area contributed by atoms with Crippen molar-refractivity contribution in [1.82, 2.24) is 0 Å². The lowest BCUT2D eigenvalue weighted by atomic mass is 9.87. The maximum atomic E-state index is 6.29. The first-order chi connectivity index (χ1) is 6.00.